The molecule has 2 N–H and O–H groups in total. The highest BCUT2D eigenvalue weighted by atomic mass is 127. The van der Waals surface area contributed by atoms with Crippen LogP contribution in [0.15, 0.2) is 35.3 Å². The number of guanidine groups is 1. The third-order valence-corrected chi connectivity index (χ3v) is 4.63. The molecule has 1 aromatic carbocycles. The van der Waals surface area contributed by atoms with Crippen molar-refractivity contribution in [1.29, 1.82) is 0 Å². The van der Waals surface area contributed by atoms with Crippen molar-refractivity contribution < 1.29 is 5.11 Å². The van der Waals surface area contributed by atoms with Crippen molar-refractivity contribution in [2.75, 3.05) is 33.2 Å². The number of halogens is 1. The van der Waals surface area contributed by atoms with E-state index in [-0.39, 0.29) is 30.1 Å². The normalized spacial score (nSPS) is 17.3. The number of aliphatic hydroxyl groups is 1. The van der Waals surface area contributed by atoms with E-state index >= 15 is 0 Å². The van der Waals surface area contributed by atoms with Crippen molar-refractivity contribution in [2.45, 2.75) is 45.4 Å². The summed E-state index contributed by atoms with van der Waals surface area (Å²) in [7, 11) is 2.15. The van der Waals surface area contributed by atoms with Gasteiger partial charge in [0.05, 0.1) is 12.6 Å². The number of piperidine rings is 1. The SMILES string of the molecule is CCNC(=NCC(C)N(C)Cc1ccccc1)N1CCC(O)CC1.I. The Labute approximate surface area is 169 Å². The van der Waals surface area contributed by atoms with Gasteiger partial charge in [0.15, 0.2) is 5.96 Å². The quantitative estimate of drug-likeness (QED) is 0.389. The highest BCUT2D eigenvalue weighted by Crippen LogP contribution is 2.11. The summed E-state index contributed by atoms with van der Waals surface area (Å²) in [6.07, 6.45) is 1.50. The van der Waals surface area contributed by atoms with Crippen molar-refractivity contribution in [3.63, 3.8) is 0 Å². The molecule has 1 atom stereocenters. The first kappa shape index (κ1) is 22.2. The van der Waals surface area contributed by atoms with E-state index in [0.717, 1.165) is 51.5 Å². The van der Waals surface area contributed by atoms with E-state index in [4.69, 9.17) is 4.99 Å². The monoisotopic (exact) mass is 460 g/mol. The number of benzene rings is 1. The smallest absolute Gasteiger partial charge is 0.193 e. The molecule has 2 rings (SSSR count). The van der Waals surface area contributed by atoms with Crippen LogP contribution in [0.25, 0.3) is 0 Å². The lowest BCUT2D eigenvalue weighted by Crippen LogP contribution is -2.47. The number of likely N-dealkylation sites (N-methyl/N-ethyl adjacent to an activating group) is 1. The average molecular weight is 460 g/mol. The number of aliphatic imine (C=N–C) groups is 1. The van der Waals surface area contributed by atoms with Crippen LogP contribution in [0, 0.1) is 0 Å². The summed E-state index contributed by atoms with van der Waals surface area (Å²) >= 11 is 0. The molecule has 5 nitrogen and oxygen atoms in total. The Kier molecular flexibility index (Phi) is 10.4. The van der Waals surface area contributed by atoms with Crippen LogP contribution < -0.4 is 5.32 Å². The molecule has 0 saturated carbocycles. The second-order valence-corrected chi connectivity index (χ2v) is 6.66. The third-order valence-electron chi connectivity index (χ3n) is 4.63. The first-order chi connectivity index (χ1) is 11.6. The van der Waals surface area contributed by atoms with Gasteiger partial charge in [0.1, 0.15) is 0 Å². The average Bonchev–Trinajstić information content (AvgIpc) is 2.60. The molecule has 1 aliphatic heterocycles. The summed E-state index contributed by atoms with van der Waals surface area (Å²) < 4.78 is 0. The van der Waals surface area contributed by atoms with E-state index in [1.165, 1.54) is 5.56 Å². The van der Waals surface area contributed by atoms with Crippen LogP contribution >= 0.6 is 24.0 Å². The van der Waals surface area contributed by atoms with Gasteiger partial charge in [-0.25, -0.2) is 0 Å². The van der Waals surface area contributed by atoms with Crippen molar-refractivity contribution >= 4 is 29.9 Å². The number of aliphatic hydroxyl groups excluding tert-OH is 1. The fourth-order valence-corrected chi connectivity index (χ4v) is 2.89. The Bertz CT molecular complexity index is 503. The molecule has 0 bridgehead atoms. The summed E-state index contributed by atoms with van der Waals surface area (Å²) in [5, 5.41) is 13.1. The predicted molar refractivity (Wildman–Crippen MR) is 116 cm³/mol. The van der Waals surface area contributed by atoms with Crippen molar-refractivity contribution in [1.82, 2.24) is 15.1 Å². The van der Waals surface area contributed by atoms with Gasteiger partial charge in [-0.2, -0.15) is 0 Å². The number of hydrogen-bond donors (Lipinski definition) is 2. The van der Waals surface area contributed by atoms with Crippen LogP contribution in [0.4, 0.5) is 0 Å². The third kappa shape index (κ3) is 7.50. The second-order valence-electron chi connectivity index (χ2n) is 6.66. The second kappa shape index (κ2) is 11.7. The zero-order valence-electron chi connectivity index (χ0n) is 15.7. The molecule has 0 spiro atoms. The predicted octanol–water partition coefficient (Wildman–Crippen LogP) is 2.55. The minimum absolute atomic E-state index is 0. The molecule has 0 radical (unpaired) electrons. The van der Waals surface area contributed by atoms with Crippen LogP contribution in [0.2, 0.25) is 0 Å². The van der Waals surface area contributed by atoms with E-state index in [0.29, 0.717) is 6.04 Å². The Hall–Kier alpha value is -0.860. The number of nitrogens with zero attached hydrogens (tertiary/aromatic N) is 3. The topological polar surface area (TPSA) is 51.1 Å². The molecule has 6 heteroatoms. The first-order valence-corrected chi connectivity index (χ1v) is 9.05. The maximum absolute atomic E-state index is 9.68. The van der Waals surface area contributed by atoms with E-state index in [2.05, 4.69) is 66.3 Å². The van der Waals surface area contributed by atoms with Crippen LogP contribution in [0.5, 0.6) is 0 Å². The molecular weight excluding hydrogens is 427 g/mol. The molecule has 0 aromatic heterocycles. The van der Waals surface area contributed by atoms with Crippen LogP contribution in [-0.2, 0) is 6.54 Å². The van der Waals surface area contributed by atoms with Gasteiger partial charge in [0.25, 0.3) is 0 Å². The van der Waals surface area contributed by atoms with Gasteiger partial charge in [0, 0.05) is 32.2 Å². The van der Waals surface area contributed by atoms with Crippen LogP contribution in [-0.4, -0.2) is 66.2 Å². The molecule has 1 unspecified atom stereocenters. The molecule has 1 fully saturated rings. The Morgan fingerprint density at radius 3 is 2.56 bits per heavy atom. The fourth-order valence-electron chi connectivity index (χ4n) is 2.89. The highest BCUT2D eigenvalue weighted by molar-refractivity contribution is 14.0. The minimum Gasteiger partial charge on any atom is -0.393 e. The molecule has 1 heterocycles. The minimum atomic E-state index is -0.153. The van der Waals surface area contributed by atoms with Gasteiger partial charge in [-0.15, -0.1) is 24.0 Å². The van der Waals surface area contributed by atoms with E-state index < -0.39 is 0 Å². The zero-order chi connectivity index (χ0) is 17.4. The Morgan fingerprint density at radius 2 is 1.96 bits per heavy atom. The number of nitrogens with one attached hydrogen (secondary N) is 1. The molecule has 25 heavy (non-hydrogen) atoms. The molecule has 1 aliphatic rings. The number of hydrogen-bond acceptors (Lipinski definition) is 3. The summed E-state index contributed by atoms with van der Waals surface area (Å²) in [5.74, 6) is 0.976. The fraction of sp³-hybridized carbons (Fsp3) is 0.632. The van der Waals surface area contributed by atoms with Gasteiger partial charge in [-0.1, -0.05) is 30.3 Å². The molecule has 1 aromatic rings. The van der Waals surface area contributed by atoms with Crippen molar-refractivity contribution in [3.8, 4) is 0 Å². The number of rotatable bonds is 6. The highest BCUT2D eigenvalue weighted by Gasteiger charge is 2.20. The molecule has 1 saturated heterocycles. The lowest BCUT2D eigenvalue weighted by atomic mass is 10.1. The largest absolute Gasteiger partial charge is 0.393 e. The van der Waals surface area contributed by atoms with Gasteiger partial charge >= 0.3 is 0 Å². The lowest BCUT2D eigenvalue weighted by molar-refractivity contribution is 0.108. The molecule has 0 aliphatic carbocycles. The van der Waals surface area contributed by atoms with Crippen molar-refractivity contribution in [2.24, 2.45) is 4.99 Å². The maximum Gasteiger partial charge on any atom is 0.193 e. The van der Waals surface area contributed by atoms with Gasteiger partial charge in [-0.05, 0) is 39.3 Å². The summed E-state index contributed by atoms with van der Waals surface area (Å²) in [5.41, 5.74) is 1.33. The van der Waals surface area contributed by atoms with Crippen molar-refractivity contribution in [3.05, 3.63) is 35.9 Å². The molecule has 142 valence electrons. The van der Waals surface area contributed by atoms with E-state index in [9.17, 15) is 5.11 Å². The molecule has 0 amide bonds. The zero-order valence-corrected chi connectivity index (χ0v) is 18.0. The van der Waals surface area contributed by atoms with E-state index in [1.54, 1.807) is 0 Å². The summed E-state index contributed by atoms with van der Waals surface area (Å²) in [6, 6.07) is 10.9. The Morgan fingerprint density at radius 1 is 1.32 bits per heavy atom. The number of likely N-dealkylation sites (tertiary alicyclic amines) is 1. The first-order valence-electron chi connectivity index (χ1n) is 9.05. The van der Waals surface area contributed by atoms with Gasteiger partial charge < -0.3 is 15.3 Å². The lowest BCUT2D eigenvalue weighted by Gasteiger charge is -2.33. The standard InChI is InChI=1S/C19H32N4O.HI/c1-4-20-19(23-12-10-18(24)11-13-23)21-14-16(2)22(3)15-17-8-6-5-7-9-17;/h5-9,16,18,24H,4,10-15H2,1-3H3,(H,20,21);1H. The van der Waals surface area contributed by atoms with Gasteiger partial charge in [0.2, 0.25) is 0 Å². The van der Waals surface area contributed by atoms with Gasteiger partial charge in [-0.3, -0.25) is 9.89 Å². The summed E-state index contributed by atoms with van der Waals surface area (Å²) in [6.45, 7) is 8.64. The summed E-state index contributed by atoms with van der Waals surface area (Å²) in [4.78, 5) is 9.43. The maximum atomic E-state index is 9.68. The van der Waals surface area contributed by atoms with E-state index in [1.807, 2.05) is 0 Å². The molecular formula is C19H33IN4O. The Balaban J connectivity index is 0.00000312. The van der Waals surface area contributed by atoms with Crippen LogP contribution in [0.1, 0.15) is 32.3 Å². The van der Waals surface area contributed by atoms with Crippen LogP contribution in [0.3, 0.4) is 0 Å².